The van der Waals surface area contributed by atoms with Crippen molar-refractivity contribution in [3.05, 3.63) is 12.1 Å². The lowest BCUT2D eigenvalue weighted by Gasteiger charge is -2.33. The van der Waals surface area contributed by atoms with Crippen LogP contribution in [0, 0.1) is 0 Å². The van der Waals surface area contributed by atoms with E-state index in [1.54, 1.807) is 21.3 Å². The van der Waals surface area contributed by atoms with E-state index in [1.165, 1.54) is 0 Å². The summed E-state index contributed by atoms with van der Waals surface area (Å²) >= 11 is 0. The predicted octanol–water partition coefficient (Wildman–Crippen LogP) is 2.93. The molecule has 1 aromatic carbocycles. The van der Waals surface area contributed by atoms with Gasteiger partial charge in [-0.05, 0) is 12.8 Å². The first kappa shape index (κ1) is 17.4. The zero-order valence-corrected chi connectivity index (χ0v) is 13.8. The van der Waals surface area contributed by atoms with E-state index in [1.807, 2.05) is 12.1 Å². The second kappa shape index (κ2) is 8.62. The molecule has 5 nitrogen and oxygen atoms in total. The van der Waals surface area contributed by atoms with Gasteiger partial charge in [0, 0.05) is 31.8 Å². The molecule has 21 heavy (non-hydrogen) atoms. The predicted molar refractivity (Wildman–Crippen MR) is 87.6 cm³/mol. The Morgan fingerprint density at radius 1 is 1.05 bits per heavy atom. The summed E-state index contributed by atoms with van der Waals surface area (Å²) in [4.78, 5) is 2.29. The van der Waals surface area contributed by atoms with Crippen molar-refractivity contribution in [2.45, 2.75) is 32.7 Å². The van der Waals surface area contributed by atoms with E-state index in [0.717, 1.165) is 25.1 Å². The Morgan fingerprint density at radius 2 is 1.62 bits per heavy atom. The first-order valence-electron chi connectivity index (χ1n) is 7.39. The number of methoxy groups -OCH3 is 3. The smallest absolute Gasteiger partial charge is 0.162 e. The van der Waals surface area contributed by atoms with Crippen LogP contribution in [0.1, 0.15) is 26.7 Å². The van der Waals surface area contributed by atoms with Crippen LogP contribution in [0.25, 0.3) is 0 Å². The van der Waals surface area contributed by atoms with Gasteiger partial charge in [-0.3, -0.25) is 0 Å². The summed E-state index contributed by atoms with van der Waals surface area (Å²) in [5, 5.41) is 0. The lowest BCUT2D eigenvalue weighted by Crippen LogP contribution is -2.37. The van der Waals surface area contributed by atoms with Crippen LogP contribution >= 0.6 is 0 Å². The number of nitrogens with two attached hydrogens (primary N) is 1. The van der Waals surface area contributed by atoms with Crippen molar-refractivity contribution < 1.29 is 14.2 Å². The molecule has 0 bridgehead atoms. The van der Waals surface area contributed by atoms with Gasteiger partial charge in [0.2, 0.25) is 0 Å². The Hall–Kier alpha value is -1.62. The normalized spacial score (nSPS) is 10.8. The van der Waals surface area contributed by atoms with Crippen LogP contribution in [0.15, 0.2) is 12.1 Å². The van der Waals surface area contributed by atoms with E-state index in [0.29, 0.717) is 29.8 Å². The molecule has 1 aromatic rings. The van der Waals surface area contributed by atoms with Crippen molar-refractivity contribution in [2.24, 2.45) is 0 Å². The van der Waals surface area contributed by atoms with Crippen molar-refractivity contribution in [3.8, 4) is 11.5 Å². The number of nitrogens with zero attached hydrogens (tertiary/aromatic N) is 1. The van der Waals surface area contributed by atoms with E-state index < -0.39 is 0 Å². The van der Waals surface area contributed by atoms with Crippen molar-refractivity contribution in [1.82, 2.24) is 0 Å². The number of nitrogen functional groups attached to an aromatic ring is 1. The van der Waals surface area contributed by atoms with Gasteiger partial charge in [-0.2, -0.15) is 0 Å². The molecule has 120 valence electrons. The van der Waals surface area contributed by atoms with E-state index in [4.69, 9.17) is 19.9 Å². The van der Waals surface area contributed by atoms with Gasteiger partial charge in [0.25, 0.3) is 0 Å². The highest BCUT2D eigenvalue weighted by atomic mass is 16.5. The molecule has 0 saturated carbocycles. The third kappa shape index (κ3) is 4.17. The van der Waals surface area contributed by atoms with Gasteiger partial charge in [0.15, 0.2) is 11.5 Å². The zero-order valence-electron chi connectivity index (χ0n) is 13.8. The summed E-state index contributed by atoms with van der Waals surface area (Å²) in [6, 6.07) is 4.18. The van der Waals surface area contributed by atoms with Crippen LogP contribution < -0.4 is 20.1 Å². The number of anilines is 2. The fraction of sp³-hybridized carbons (Fsp3) is 0.625. The number of rotatable bonds is 9. The van der Waals surface area contributed by atoms with E-state index >= 15 is 0 Å². The second-order valence-electron chi connectivity index (χ2n) is 4.92. The Bertz CT molecular complexity index is 434. The molecule has 0 heterocycles. The molecule has 0 atom stereocenters. The summed E-state index contributed by atoms with van der Waals surface area (Å²) in [5.41, 5.74) is 7.88. The van der Waals surface area contributed by atoms with Gasteiger partial charge in [-0.25, -0.2) is 0 Å². The topological polar surface area (TPSA) is 57.0 Å². The van der Waals surface area contributed by atoms with E-state index in [-0.39, 0.29) is 0 Å². The van der Waals surface area contributed by atoms with Gasteiger partial charge in [-0.1, -0.05) is 13.8 Å². The van der Waals surface area contributed by atoms with Gasteiger partial charge in [0.1, 0.15) is 0 Å². The fourth-order valence-corrected chi connectivity index (χ4v) is 2.55. The number of hydrogen-bond acceptors (Lipinski definition) is 5. The second-order valence-corrected chi connectivity index (χ2v) is 4.92. The third-order valence-corrected chi connectivity index (χ3v) is 3.76. The van der Waals surface area contributed by atoms with E-state index in [2.05, 4.69) is 18.7 Å². The largest absolute Gasteiger partial charge is 0.493 e. The molecule has 0 saturated heterocycles. The molecule has 5 heteroatoms. The lowest BCUT2D eigenvalue weighted by molar-refractivity contribution is 0.202. The van der Waals surface area contributed by atoms with Crippen LogP contribution in [0.2, 0.25) is 0 Å². The maximum Gasteiger partial charge on any atom is 0.162 e. The number of hydrogen-bond donors (Lipinski definition) is 1. The Morgan fingerprint density at radius 3 is 2.10 bits per heavy atom. The minimum Gasteiger partial charge on any atom is -0.493 e. The lowest BCUT2D eigenvalue weighted by atomic mass is 10.1. The maximum atomic E-state index is 6.22. The molecule has 0 radical (unpaired) electrons. The Labute approximate surface area is 128 Å². The first-order chi connectivity index (χ1) is 10.1. The molecule has 0 fully saturated rings. The van der Waals surface area contributed by atoms with Crippen LogP contribution in [0.3, 0.4) is 0 Å². The number of ether oxygens (including phenoxy) is 3. The van der Waals surface area contributed by atoms with Crippen LogP contribution in [-0.2, 0) is 4.74 Å². The SMILES string of the molecule is CCC(CC)N(CCOC)c1cc(OC)c(OC)cc1N. The van der Waals surface area contributed by atoms with Gasteiger partial charge >= 0.3 is 0 Å². The quantitative estimate of drug-likeness (QED) is 0.710. The molecular weight excluding hydrogens is 268 g/mol. The van der Waals surface area contributed by atoms with Crippen LogP contribution in [0.5, 0.6) is 11.5 Å². The molecule has 0 spiro atoms. The molecule has 0 aliphatic heterocycles. The maximum absolute atomic E-state index is 6.22. The minimum atomic E-state index is 0.417. The molecule has 0 amide bonds. The fourth-order valence-electron chi connectivity index (χ4n) is 2.55. The highest BCUT2D eigenvalue weighted by Gasteiger charge is 2.20. The zero-order chi connectivity index (χ0) is 15.8. The molecule has 0 aliphatic rings. The van der Waals surface area contributed by atoms with Crippen LogP contribution in [-0.4, -0.2) is 40.5 Å². The highest BCUT2D eigenvalue weighted by molar-refractivity contribution is 5.73. The Balaban J connectivity index is 3.22. The summed E-state index contributed by atoms with van der Waals surface area (Å²) in [7, 11) is 4.96. The van der Waals surface area contributed by atoms with E-state index in [9.17, 15) is 0 Å². The summed E-state index contributed by atoms with van der Waals surface area (Å²) in [6.07, 6.45) is 2.10. The highest BCUT2D eigenvalue weighted by Crippen LogP contribution is 2.38. The molecule has 0 aliphatic carbocycles. The average molecular weight is 296 g/mol. The van der Waals surface area contributed by atoms with Crippen molar-refractivity contribution >= 4 is 11.4 Å². The van der Waals surface area contributed by atoms with Gasteiger partial charge in [-0.15, -0.1) is 0 Å². The molecular formula is C16H28N2O3. The minimum absolute atomic E-state index is 0.417. The summed E-state index contributed by atoms with van der Waals surface area (Å²) < 4.78 is 15.9. The molecule has 2 N–H and O–H groups in total. The van der Waals surface area contributed by atoms with Gasteiger partial charge < -0.3 is 24.8 Å². The monoisotopic (exact) mass is 296 g/mol. The molecule has 1 rings (SSSR count). The summed E-state index contributed by atoms with van der Waals surface area (Å²) in [6.45, 7) is 5.82. The third-order valence-electron chi connectivity index (χ3n) is 3.76. The molecule has 0 unspecified atom stereocenters. The average Bonchev–Trinajstić information content (AvgIpc) is 2.51. The standard InChI is InChI=1S/C16H28N2O3/c1-6-12(7-2)18(8-9-19-3)14-11-16(21-5)15(20-4)10-13(14)17/h10-12H,6-9,17H2,1-5H3. The van der Waals surface area contributed by atoms with Gasteiger partial charge in [0.05, 0.1) is 32.2 Å². The molecule has 0 aromatic heterocycles. The summed E-state index contributed by atoms with van der Waals surface area (Å²) in [5.74, 6) is 1.34. The number of benzene rings is 1. The van der Waals surface area contributed by atoms with Crippen molar-refractivity contribution in [1.29, 1.82) is 0 Å². The Kier molecular flexibility index (Phi) is 7.15. The van der Waals surface area contributed by atoms with Crippen molar-refractivity contribution in [3.63, 3.8) is 0 Å². The first-order valence-corrected chi connectivity index (χ1v) is 7.39. The van der Waals surface area contributed by atoms with Crippen molar-refractivity contribution in [2.75, 3.05) is 45.1 Å². The van der Waals surface area contributed by atoms with Crippen LogP contribution in [0.4, 0.5) is 11.4 Å².